The van der Waals surface area contributed by atoms with E-state index in [4.69, 9.17) is 0 Å². The molecule has 0 saturated carbocycles. The zero-order valence-electron chi connectivity index (χ0n) is 8.27. The van der Waals surface area contributed by atoms with E-state index in [0.29, 0.717) is 0 Å². The van der Waals surface area contributed by atoms with Crippen LogP contribution in [0.2, 0.25) is 0 Å². The van der Waals surface area contributed by atoms with Crippen LogP contribution in [-0.2, 0) is 0 Å². The van der Waals surface area contributed by atoms with Gasteiger partial charge < -0.3 is 0 Å². The van der Waals surface area contributed by atoms with E-state index >= 15 is 0 Å². The van der Waals surface area contributed by atoms with Crippen molar-refractivity contribution in [3.8, 4) is 0 Å². The molecule has 0 aliphatic rings. The van der Waals surface area contributed by atoms with Gasteiger partial charge in [0.05, 0.1) is 0 Å². The molecule has 0 rings (SSSR count). The summed E-state index contributed by atoms with van der Waals surface area (Å²) >= 11 is 0. The molecule has 0 heterocycles. The highest BCUT2D eigenvalue weighted by Gasteiger charge is 2.00. The van der Waals surface area contributed by atoms with E-state index in [-0.39, 0.29) is 0 Å². The Kier molecular flexibility index (Phi) is 7.66. The fourth-order valence-electron chi connectivity index (χ4n) is 1.39. The maximum absolute atomic E-state index is 2.30. The van der Waals surface area contributed by atoms with Crippen LogP contribution < -0.4 is 0 Å². The largest absolute Gasteiger partial charge is 0.0917 e. The van der Waals surface area contributed by atoms with Crippen LogP contribution in [0.1, 0.15) is 52.9 Å². The summed E-state index contributed by atoms with van der Waals surface area (Å²) in [4.78, 5) is 0. The van der Waals surface area contributed by atoms with E-state index in [9.17, 15) is 0 Å². The van der Waals surface area contributed by atoms with Crippen LogP contribution in [0.3, 0.4) is 0 Å². The summed E-state index contributed by atoms with van der Waals surface area (Å²) in [5.74, 6) is 0.972. The molecule has 66 valence electrons. The lowest BCUT2D eigenvalue weighted by Crippen LogP contribution is -1.95. The summed E-state index contributed by atoms with van der Waals surface area (Å²) in [6, 6.07) is 0. The monoisotopic (exact) mass is 154 g/mol. The van der Waals surface area contributed by atoms with Gasteiger partial charge >= 0.3 is 0 Å². The second-order valence-electron chi connectivity index (χ2n) is 3.18. The van der Waals surface area contributed by atoms with Gasteiger partial charge in [-0.3, -0.25) is 0 Å². The normalized spacial score (nSPS) is 11.6. The first-order chi connectivity index (χ1) is 5.35. The number of rotatable bonds is 6. The third kappa shape index (κ3) is 6.15. The molecular formula is C11H22. The van der Waals surface area contributed by atoms with Crippen molar-refractivity contribution < 1.29 is 0 Å². The fraction of sp³-hybridized carbons (Fsp3) is 0.818. The van der Waals surface area contributed by atoms with E-state index < -0.39 is 0 Å². The van der Waals surface area contributed by atoms with Crippen LogP contribution in [0.4, 0.5) is 0 Å². The summed E-state index contributed by atoms with van der Waals surface area (Å²) in [5, 5.41) is 0. The van der Waals surface area contributed by atoms with Gasteiger partial charge in [0.2, 0.25) is 0 Å². The first kappa shape index (κ1) is 10.7. The molecule has 0 aromatic rings. The Bertz CT molecular complexity index is 88.2. The molecule has 0 spiro atoms. The van der Waals surface area contributed by atoms with Crippen molar-refractivity contribution >= 4 is 0 Å². The number of allylic oxidation sites excluding steroid dienone is 2. The molecule has 0 unspecified atom stereocenters. The quantitative estimate of drug-likeness (QED) is 0.398. The van der Waals surface area contributed by atoms with Crippen molar-refractivity contribution in [2.24, 2.45) is 5.92 Å². The van der Waals surface area contributed by atoms with Crippen molar-refractivity contribution in [2.45, 2.75) is 52.9 Å². The van der Waals surface area contributed by atoms with Crippen molar-refractivity contribution in [3.05, 3.63) is 12.2 Å². The minimum Gasteiger partial charge on any atom is -0.0917 e. The van der Waals surface area contributed by atoms with E-state index in [1.807, 2.05) is 0 Å². The first-order valence-electron chi connectivity index (χ1n) is 4.96. The molecule has 0 amide bonds. The molecule has 0 heteroatoms. The van der Waals surface area contributed by atoms with Crippen molar-refractivity contribution in [1.29, 1.82) is 0 Å². The Hall–Kier alpha value is -0.260. The van der Waals surface area contributed by atoms with Crippen molar-refractivity contribution in [1.82, 2.24) is 0 Å². The van der Waals surface area contributed by atoms with Crippen molar-refractivity contribution in [3.63, 3.8) is 0 Å². The summed E-state index contributed by atoms with van der Waals surface area (Å²) in [6.07, 6.45) is 11.2. The highest BCUT2D eigenvalue weighted by molar-refractivity contribution is 4.76. The van der Waals surface area contributed by atoms with Gasteiger partial charge in [0.25, 0.3) is 0 Å². The molecule has 0 N–H and O–H groups in total. The van der Waals surface area contributed by atoms with E-state index in [0.717, 1.165) is 5.92 Å². The summed E-state index contributed by atoms with van der Waals surface area (Å²) in [6.45, 7) is 6.69. The molecule has 0 saturated heterocycles. The van der Waals surface area contributed by atoms with Crippen LogP contribution in [0.5, 0.6) is 0 Å². The summed E-state index contributed by atoms with van der Waals surface area (Å²) < 4.78 is 0. The second-order valence-corrected chi connectivity index (χ2v) is 3.18. The Balaban J connectivity index is 3.21. The van der Waals surface area contributed by atoms with Gasteiger partial charge in [-0.05, 0) is 25.7 Å². The van der Waals surface area contributed by atoms with Gasteiger partial charge in [0.1, 0.15) is 0 Å². The molecule has 0 aliphatic heterocycles. The standard InChI is InChI=1S/C11H22/c1-4-7-8-9-10-11(5-2)6-3/h4,7,11H,5-6,8-10H2,1-3H3/b7-4+. The molecule has 0 atom stereocenters. The predicted octanol–water partition coefficient (Wildman–Crippen LogP) is 4.17. The lowest BCUT2D eigenvalue weighted by atomic mass is 9.97. The van der Waals surface area contributed by atoms with Crippen LogP contribution in [0, 0.1) is 5.92 Å². The Morgan fingerprint density at radius 3 is 2.27 bits per heavy atom. The zero-order chi connectivity index (χ0) is 8.53. The molecule has 0 fully saturated rings. The maximum Gasteiger partial charge on any atom is -0.0351 e. The zero-order valence-corrected chi connectivity index (χ0v) is 8.27. The Morgan fingerprint density at radius 2 is 1.82 bits per heavy atom. The van der Waals surface area contributed by atoms with Gasteiger partial charge in [-0.15, -0.1) is 0 Å². The highest BCUT2D eigenvalue weighted by Crippen LogP contribution is 2.15. The molecule has 11 heavy (non-hydrogen) atoms. The summed E-state index contributed by atoms with van der Waals surface area (Å²) in [5.41, 5.74) is 0. The Labute approximate surface area is 71.7 Å². The average Bonchev–Trinajstić information content (AvgIpc) is 2.05. The third-order valence-electron chi connectivity index (χ3n) is 2.37. The lowest BCUT2D eigenvalue weighted by molar-refractivity contribution is 0.443. The van der Waals surface area contributed by atoms with Crippen LogP contribution in [0.25, 0.3) is 0 Å². The van der Waals surface area contributed by atoms with Crippen LogP contribution >= 0.6 is 0 Å². The van der Waals surface area contributed by atoms with Gasteiger partial charge in [-0.1, -0.05) is 45.3 Å². The van der Waals surface area contributed by atoms with Gasteiger partial charge in [0.15, 0.2) is 0 Å². The molecule has 0 nitrogen and oxygen atoms in total. The minimum atomic E-state index is 0.972. The topological polar surface area (TPSA) is 0 Å². The number of hydrogen-bond acceptors (Lipinski definition) is 0. The number of hydrogen-bond donors (Lipinski definition) is 0. The maximum atomic E-state index is 2.30. The Morgan fingerprint density at radius 1 is 1.18 bits per heavy atom. The molecule has 0 aromatic carbocycles. The molecule has 0 aliphatic carbocycles. The predicted molar refractivity (Wildman–Crippen MR) is 52.7 cm³/mol. The van der Waals surface area contributed by atoms with E-state index in [1.54, 1.807) is 0 Å². The molecule has 0 bridgehead atoms. The van der Waals surface area contributed by atoms with E-state index in [2.05, 4.69) is 32.9 Å². The van der Waals surface area contributed by atoms with Crippen LogP contribution in [-0.4, -0.2) is 0 Å². The SMILES string of the molecule is C/C=C/CCCC(CC)CC. The third-order valence-corrected chi connectivity index (χ3v) is 2.37. The first-order valence-corrected chi connectivity index (χ1v) is 4.96. The average molecular weight is 154 g/mol. The highest BCUT2D eigenvalue weighted by atomic mass is 14.1. The lowest BCUT2D eigenvalue weighted by Gasteiger charge is -2.09. The summed E-state index contributed by atoms with van der Waals surface area (Å²) in [7, 11) is 0. The van der Waals surface area contributed by atoms with Crippen LogP contribution in [0.15, 0.2) is 12.2 Å². The second kappa shape index (κ2) is 7.84. The van der Waals surface area contributed by atoms with Gasteiger partial charge in [0, 0.05) is 0 Å². The number of unbranched alkanes of at least 4 members (excludes halogenated alkanes) is 1. The molecule has 0 radical (unpaired) electrons. The van der Waals surface area contributed by atoms with Crippen molar-refractivity contribution in [2.75, 3.05) is 0 Å². The fourth-order valence-corrected chi connectivity index (χ4v) is 1.39. The van der Waals surface area contributed by atoms with Gasteiger partial charge in [-0.2, -0.15) is 0 Å². The molecule has 0 aromatic heterocycles. The van der Waals surface area contributed by atoms with E-state index in [1.165, 1.54) is 32.1 Å². The molecular weight excluding hydrogens is 132 g/mol. The van der Waals surface area contributed by atoms with Gasteiger partial charge in [-0.25, -0.2) is 0 Å². The smallest absolute Gasteiger partial charge is 0.0351 e. The minimum absolute atomic E-state index is 0.972.